The second-order valence-corrected chi connectivity index (χ2v) is 13.6. The monoisotopic (exact) mass is 563 g/mol. The van der Waals surface area contributed by atoms with Crippen LogP contribution in [0.15, 0.2) is 51.8 Å². The Labute approximate surface area is 235 Å². The lowest BCUT2D eigenvalue weighted by atomic mass is 9.86. The van der Waals surface area contributed by atoms with E-state index < -0.39 is 10.0 Å². The first-order valence-electron chi connectivity index (χ1n) is 14.1. The van der Waals surface area contributed by atoms with Crippen molar-refractivity contribution in [3.05, 3.63) is 54.2 Å². The number of nitrogens with one attached hydrogen (secondary N) is 3. The molecule has 0 bridgehead atoms. The van der Waals surface area contributed by atoms with E-state index in [2.05, 4.69) is 54.4 Å². The Morgan fingerprint density at radius 3 is 2.38 bits per heavy atom. The number of piperazine rings is 1. The summed E-state index contributed by atoms with van der Waals surface area (Å²) in [4.78, 5) is 10.6. The molecule has 1 aliphatic carbocycles. The van der Waals surface area contributed by atoms with E-state index in [1.54, 1.807) is 18.2 Å². The van der Waals surface area contributed by atoms with Crippen LogP contribution < -0.4 is 14.9 Å². The minimum Gasteiger partial charge on any atom is -0.424 e. The van der Waals surface area contributed by atoms with Crippen molar-refractivity contribution in [3.63, 3.8) is 0 Å². The minimum absolute atomic E-state index is 0.131. The van der Waals surface area contributed by atoms with E-state index in [1.165, 1.54) is 5.69 Å². The van der Waals surface area contributed by atoms with Crippen molar-refractivity contribution >= 4 is 26.7 Å². The fourth-order valence-corrected chi connectivity index (χ4v) is 6.82. The average Bonchev–Trinajstić information content (AvgIpc) is 3.62. The van der Waals surface area contributed by atoms with Crippen LogP contribution in [-0.4, -0.2) is 60.8 Å². The zero-order valence-electron chi connectivity index (χ0n) is 23.3. The predicted octanol–water partition coefficient (Wildman–Crippen LogP) is 4.32. The maximum atomic E-state index is 13.3. The Morgan fingerprint density at radius 1 is 0.975 bits per heavy atom. The summed E-state index contributed by atoms with van der Waals surface area (Å²) in [6, 6.07) is 13.3. The van der Waals surface area contributed by atoms with E-state index in [-0.39, 0.29) is 22.3 Å². The van der Waals surface area contributed by atoms with Crippen LogP contribution in [0.5, 0.6) is 0 Å². The number of rotatable bonds is 6. The van der Waals surface area contributed by atoms with Crippen molar-refractivity contribution in [2.24, 2.45) is 0 Å². The molecule has 0 amide bonds. The molecular weight excluding hydrogens is 526 g/mol. The van der Waals surface area contributed by atoms with Crippen molar-refractivity contribution in [1.82, 2.24) is 30.2 Å². The molecule has 2 fully saturated rings. The zero-order chi connectivity index (χ0) is 27.9. The van der Waals surface area contributed by atoms with Crippen LogP contribution in [0, 0.1) is 0 Å². The zero-order valence-corrected chi connectivity index (χ0v) is 24.1. The number of sulfonamides is 1. The summed E-state index contributed by atoms with van der Waals surface area (Å²) in [5, 5.41) is 11.8. The van der Waals surface area contributed by atoms with Crippen molar-refractivity contribution in [3.8, 4) is 11.4 Å². The van der Waals surface area contributed by atoms with Gasteiger partial charge in [-0.25, -0.2) is 18.1 Å². The molecule has 3 heterocycles. The Hall–Kier alpha value is -3.28. The number of hydrogen-bond donors (Lipinski definition) is 3. The van der Waals surface area contributed by atoms with E-state index in [0.717, 1.165) is 68.8 Å². The lowest BCUT2D eigenvalue weighted by Crippen LogP contribution is -2.43. The predicted molar refractivity (Wildman–Crippen MR) is 155 cm³/mol. The number of aromatic amines is 1. The van der Waals surface area contributed by atoms with Gasteiger partial charge in [-0.1, -0.05) is 20.8 Å². The van der Waals surface area contributed by atoms with Crippen LogP contribution in [-0.2, 0) is 15.4 Å². The Balaban J connectivity index is 1.11. The molecule has 2 aromatic heterocycles. The molecule has 1 aliphatic heterocycles. The first-order chi connectivity index (χ1) is 19.2. The molecule has 0 radical (unpaired) electrons. The van der Waals surface area contributed by atoms with Gasteiger partial charge in [-0.3, -0.25) is 0 Å². The first-order valence-corrected chi connectivity index (χ1v) is 15.6. The SMILES string of the molecule is CC(C)(C)c1nnc(C2CCC(NS(=O)(=O)c3ccc4nc(-c5ccc(N6CCNCC6)cc5)[nH]c4c3)CC2)o1. The third kappa shape index (κ3) is 5.63. The topological polar surface area (TPSA) is 129 Å². The smallest absolute Gasteiger partial charge is 0.240 e. The van der Waals surface area contributed by atoms with Crippen LogP contribution in [0.4, 0.5) is 5.69 Å². The quantitative estimate of drug-likeness (QED) is 0.316. The fourth-order valence-electron chi connectivity index (χ4n) is 5.49. The number of imidazole rings is 1. The number of hydrogen-bond acceptors (Lipinski definition) is 8. The lowest BCUT2D eigenvalue weighted by molar-refractivity contribution is 0.304. The summed E-state index contributed by atoms with van der Waals surface area (Å²) in [7, 11) is -3.68. The van der Waals surface area contributed by atoms with Gasteiger partial charge in [-0.2, -0.15) is 0 Å². The summed E-state index contributed by atoms with van der Waals surface area (Å²) < 4.78 is 35.4. The number of aromatic nitrogens is 4. The first kappa shape index (κ1) is 26.9. The molecule has 0 atom stereocenters. The van der Waals surface area contributed by atoms with Crippen molar-refractivity contribution in [2.45, 2.75) is 68.7 Å². The largest absolute Gasteiger partial charge is 0.424 e. The van der Waals surface area contributed by atoms with Crippen molar-refractivity contribution < 1.29 is 12.8 Å². The van der Waals surface area contributed by atoms with E-state index in [4.69, 9.17) is 9.40 Å². The summed E-state index contributed by atoms with van der Waals surface area (Å²) in [6.07, 6.45) is 3.04. The molecule has 6 rings (SSSR count). The molecule has 4 aromatic rings. The van der Waals surface area contributed by atoms with Crippen LogP contribution in [0.1, 0.15) is 64.2 Å². The Bertz CT molecular complexity index is 1570. The van der Waals surface area contributed by atoms with Crippen LogP contribution in [0.3, 0.4) is 0 Å². The molecule has 11 heteroatoms. The highest BCUT2D eigenvalue weighted by molar-refractivity contribution is 7.89. The van der Waals surface area contributed by atoms with Gasteiger partial charge in [0.25, 0.3) is 0 Å². The van der Waals surface area contributed by atoms with Gasteiger partial charge in [0.15, 0.2) is 0 Å². The number of fused-ring (bicyclic) bond motifs is 1. The highest BCUT2D eigenvalue weighted by atomic mass is 32.2. The highest BCUT2D eigenvalue weighted by Gasteiger charge is 2.31. The number of H-pyrrole nitrogens is 1. The van der Waals surface area contributed by atoms with Crippen molar-refractivity contribution in [1.29, 1.82) is 0 Å². The third-order valence-electron chi connectivity index (χ3n) is 7.87. The van der Waals surface area contributed by atoms with E-state index in [1.807, 2.05) is 20.8 Å². The Morgan fingerprint density at radius 2 is 1.70 bits per heavy atom. The Kier molecular flexibility index (Phi) is 7.14. The summed E-state index contributed by atoms with van der Waals surface area (Å²) in [5.74, 6) is 2.17. The summed E-state index contributed by atoms with van der Waals surface area (Å²) >= 11 is 0. The van der Waals surface area contributed by atoms with Gasteiger partial charge < -0.3 is 19.6 Å². The molecule has 3 N–H and O–H groups in total. The molecule has 10 nitrogen and oxygen atoms in total. The number of nitrogens with zero attached hydrogens (tertiary/aromatic N) is 4. The van der Waals surface area contributed by atoms with E-state index >= 15 is 0 Å². The molecule has 2 aromatic carbocycles. The third-order valence-corrected chi connectivity index (χ3v) is 9.39. The molecule has 1 saturated carbocycles. The van der Waals surface area contributed by atoms with Crippen molar-refractivity contribution in [2.75, 3.05) is 31.1 Å². The minimum atomic E-state index is -3.68. The number of benzene rings is 2. The van der Waals surface area contributed by atoms with Gasteiger partial charge in [-0.05, 0) is 68.1 Å². The van der Waals surface area contributed by atoms with E-state index in [9.17, 15) is 8.42 Å². The van der Waals surface area contributed by atoms with Gasteiger partial charge in [0, 0.05) is 54.8 Å². The average molecular weight is 564 g/mol. The van der Waals surface area contributed by atoms with E-state index in [0.29, 0.717) is 17.3 Å². The van der Waals surface area contributed by atoms with Gasteiger partial charge in [-0.15, -0.1) is 10.2 Å². The normalized spacial score (nSPS) is 20.7. The van der Waals surface area contributed by atoms with Crippen LogP contribution in [0.25, 0.3) is 22.4 Å². The molecule has 2 aliphatic rings. The summed E-state index contributed by atoms with van der Waals surface area (Å²) in [5.41, 5.74) is 3.39. The molecule has 212 valence electrons. The summed E-state index contributed by atoms with van der Waals surface area (Å²) in [6.45, 7) is 10.1. The number of anilines is 1. The van der Waals surface area contributed by atoms with Gasteiger partial charge in [0.1, 0.15) is 5.82 Å². The molecular formula is C29H37N7O3S. The molecule has 40 heavy (non-hydrogen) atoms. The fraction of sp³-hybridized carbons (Fsp3) is 0.483. The molecule has 0 spiro atoms. The van der Waals surface area contributed by atoms with Gasteiger partial charge >= 0.3 is 0 Å². The molecule has 0 unspecified atom stereocenters. The lowest BCUT2D eigenvalue weighted by Gasteiger charge is -2.29. The maximum Gasteiger partial charge on any atom is 0.240 e. The second-order valence-electron chi connectivity index (χ2n) is 11.9. The standard InChI is InChI=1S/C29H37N7O3S/c1-29(2,3)28-34-33-27(39-28)20-4-8-21(9-5-20)35-40(37,38)23-12-13-24-25(18-23)32-26(31-24)19-6-10-22(11-7-19)36-16-14-30-15-17-36/h6-7,10-13,18,20-21,30,35H,4-5,8-9,14-17H2,1-3H3,(H,31,32). The van der Waals surface area contributed by atoms with Gasteiger partial charge in [0.2, 0.25) is 21.8 Å². The van der Waals surface area contributed by atoms with Gasteiger partial charge in [0.05, 0.1) is 15.9 Å². The second kappa shape index (κ2) is 10.6. The van der Waals surface area contributed by atoms with Crippen LogP contribution >= 0.6 is 0 Å². The molecule has 1 saturated heterocycles. The maximum absolute atomic E-state index is 13.3. The van der Waals surface area contributed by atoms with Crippen LogP contribution in [0.2, 0.25) is 0 Å². The highest BCUT2D eigenvalue weighted by Crippen LogP contribution is 2.34.